The maximum Gasteiger partial charge on any atom is 0.306 e. The van der Waals surface area contributed by atoms with E-state index < -0.39 is 99.5 Å². The Kier molecular flexibility index (Phi) is 26.5. The van der Waals surface area contributed by atoms with E-state index in [2.05, 4.69) is 0 Å². The zero-order valence-corrected chi connectivity index (χ0v) is 34.9. The predicted octanol–water partition coefficient (Wildman–Crippen LogP) is 2.45. The van der Waals surface area contributed by atoms with Crippen molar-refractivity contribution in [3.8, 4) is 0 Å². The minimum atomic E-state index is -1.72. The summed E-state index contributed by atoms with van der Waals surface area (Å²) in [6.07, 6.45) is -2.93. The van der Waals surface area contributed by atoms with E-state index >= 15 is 0 Å². The molecule has 0 aliphatic carbocycles. The van der Waals surface area contributed by atoms with Crippen LogP contribution in [-0.2, 0) is 90.7 Å². The van der Waals surface area contributed by atoms with Gasteiger partial charge >= 0.3 is 35.8 Å². The van der Waals surface area contributed by atoms with Gasteiger partial charge in [-0.15, -0.1) is 0 Å². The van der Waals surface area contributed by atoms with Crippen LogP contribution in [0.1, 0.15) is 119 Å². The quantitative estimate of drug-likeness (QED) is 0.0665. The van der Waals surface area contributed by atoms with Gasteiger partial charge in [-0.2, -0.15) is 0 Å². The van der Waals surface area contributed by atoms with Crippen molar-refractivity contribution in [3.05, 3.63) is 0 Å². The van der Waals surface area contributed by atoms with Crippen LogP contribution in [0.25, 0.3) is 0 Å². The first-order valence-electron chi connectivity index (χ1n) is 19.1. The van der Waals surface area contributed by atoms with E-state index in [0.29, 0.717) is 0 Å². The smallest absolute Gasteiger partial charge is 0.306 e. The number of ether oxygens (including phenoxy) is 7. The molecule has 0 atom stereocenters. The standard InChI is InChI=1S/C40H58O19/c1-27(41)7-13-33(47)54-21-39(22-55-34(48)14-8-28(2)42,23-56-35(49)15-9-29(3)43)19-53-20-40(24-57-36(50)16-10-30(4)44,25-58-37(51)17-11-31(5)45)26-59-38(52)18-12-32(6)46/h7-26H2,1-6H3. The van der Waals surface area contributed by atoms with Crippen molar-refractivity contribution in [2.45, 2.75) is 119 Å². The Labute approximate surface area is 343 Å². The summed E-state index contributed by atoms with van der Waals surface area (Å²) in [5.41, 5.74) is -3.44. The molecular weight excluding hydrogens is 784 g/mol. The van der Waals surface area contributed by atoms with Crippen LogP contribution in [0.3, 0.4) is 0 Å². The second-order valence-corrected chi connectivity index (χ2v) is 14.7. The van der Waals surface area contributed by atoms with Crippen LogP contribution in [0, 0.1) is 10.8 Å². The molecule has 0 unspecified atom stereocenters. The fraction of sp³-hybridized carbons (Fsp3) is 0.700. The van der Waals surface area contributed by atoms with Crippen molar-refractivity contribution in [2.24, 2.45) is 10.8 Å². The van der Waals surface area contributed by atoms with E-state index in [9.17, 15) is 57.5 Å². The molecule has 0 bridgehead atoms. The number of hydrogen-bond acceptors (Lipinski definition) is 19. The maximum absolute atomic E-state index is 12.7. The lowest BCUT2D eigenvalue weighted by atomic mass is 9.90. The van der Waals surface area contributed by atoms with Crippen LogP contribution < -0.4 is 0 Å². The second-order valence-electron chi connectivity index (χ2n) is 14.7. The van der Waals surface area contributed by atoms with Gasteiger partial charge in [-0.25, -0.2) is 0 Å². The van der Waals surface area contributed by atoms with E-state index in [4.69, 9.17) is 33.2 Å². The molecule has 19 nitrogen and oxygen atoms in total. The third kappa shape index (κ3) is 28.8. The molecule has 0 amide bonds. The molecule has 0 aromatic rings. The Morgan fingerprint density at radius 3 is 0.542 bits per heavy atom. The summed E-state index contributed by atoms with van der Waals surface area (Å²) >= 11 is 0. The first kappa shape index (κ1) is 53.8. The first-order valence-corrected chi connectivity index (χ1v) is 19.1. The summed E-state index contributed by atoms with van der Waals surface area (Å²) in [6.45, 7) is 2.55. The van der Waals surface area contributed by atoms with E-state index in [1.807, 2.05) is 0 Å². The van der Waals surface area contributed by atoms with Crippen LogP contribution in [0.5, 0.6) is 0 Å². The Balaban J connectivity index is 6.94. The van der Waals surface area contributed by atoms with Crippen LogP contribution in [0.15, 0.2) is 0 Å². The van der Waals surface area contributed by atoms with Gasteiger partial charge in [0.05, 0.1) is 62.6 Å². The molecule has 19 heteroatoms. The number of carbonyl (C=O) groups is 12. The largest absolute Gasteiger partial charge is 0.465 e. The molecule has 0 aliphatic heterocycles. The van der Waals surface area contributed by atoms with Gasteiger partial charge in [0.15, 0.2) is 0 Å². The monoisotopic (exact) mass is 842 g/mol. The second kappa shape index (κ2) is 29.1. The molecule has 0 N–H and O–H groups in total. The molecule has 332 valence electrons. The SMILES string of the molecule is CC(=O)CCC(=O)OCC(COCC(COC(=O)CCC(C)=O)(COC(=O)CCC(C)=O)COC(=O)CCC(C)=O)(COC(=O)CCC(C)=O)COC(=O)CCC(C)=O. The van der Waals surface area contributed by atoms with Gasteiger partial charge in [-0.1, -0.05) is 0 Å². The van der Waals surface area contributed by atoms with Crippen LogP contribution in [0.2, 0.25) is 0 Å². The molecular formula is C40H58O19. The molecule has 0 radical (unpaired) electrons. The number of ketones is 6. The van der Waals surface area contributed by atoms with Crippen molar-refractivity contribution in [1.29, 1.82) is 0 Å². The number of rotatable bonds is 34. The predicted molar refractivity (Wildman–Crippen MR) is 201 cm³/mol. The number of hydrogen-bond donors (Lipinski definition) is 0. The summed E-state index contributed by atoms with van der Waals surface area (Å²) in [7, 11) is 0. The molecule has 0 aliphatic rings. The number of carbonyl (C=O) groups excluding carboxylic acids is 12. The number of esters is 6. The minimum Gasteiger partial charge on any atom is -0.465 e. The molecule has 0 saturated heterocycles. The Bertz CT molecular complexity index is 1230. The highest BCUT2D eigenvalue weighted by molar-refractivity contribution is 5.83. The van der Waals surface area contributed by atoms with Gasteiger partial charge in [0.1, 0.15) is 74.3 Å². The average molecular weight is 843 g/mol. The van der Waals surface area contributed by atoms with Crippen molar-refractivity contribution in [1.82, 2.24) is 0 Å². The lowest BCUT2D eigenvalue weighted by Gasteiger charge is -2.35. The number of Topliss-reactive ketones (excluding diaryl/α,β-unsaturated/α-hetero) is 6. The van der Waals surface area contributed by atoms with Crippen LogP contribution >= 0.6 is 0 Å². The molecule has 0 aromatic heterocycles. The molecule has 0 heterocycles. The van der Waals surface area contributed by atoms with Crippen molar-refractivity contribution in [2.75, 3.05) is 52.9 Å². The average Bonchev–Trinajstić information content (AvgIpc) is 3.16. The van der Waals surface area contributed by atoms with E-state index in [1.165, 1.54) is 41.5 Å². The Morgan fingerprint density at radius 1 is 0.254 bits per heavy atom. The van der Waals surface area contributed by atoms with E-state index in [-0.39, 0.29) is 112 Å². The summed E-state index contributed by atoms with van der Waals surface area (Å²) < 4.78 is 38.6. The van der Waals surface area contributed by atoms with Gasteiger partial charge in [0, 0.05) is 38.5 Å². The molecule has 0 rings (SSSR count). The zero-order valence-electron chi connectivity index (χ0n) is 34.9. The molecule has 0 fully saturated rings. The third-order valence-corrected chi connectivity index (χ3v) is 8.14. The van der Waals surface area contributed by atoms with E-state index in [0.717, 1.165) is 0 Å². The van der Waals surface area contributed by atoms with Crippen molar-refractivity contribution in [3.63, 3.8) is 0 Å². The highest BCUT2D eigenvalue weighted by atomic mass is 16.6. The van der Waals surface area contributed by atoms with Crippen LogP contribution in [0.4, 0.5) is 0 Å². The van der Waals surface area contributed by atoms with Gasteiger partial charge < -0.3 is 61.9 Å². The Hall–Kier alpha value is -5.20. The summed E-state index contributed by atoms with van der Waals surface area (Å²) in [5.74, 6) is -6.95. The van der Waals surface area contributed by atoms with E-state index in [1.54, 1.807) is 0 Å². The minimum absolute atomic E-state index is 0.160. The fourth-order valence-corrected chi connectivity index (χ4v) is 4.49. The van der Waals surface area contributed by atoms with Gasteiger partial charge in [-0.3, -0.25) is 28.8 Å². The lowest BCUT2D eigenvalue weighted by Crippen LogP contribution is -2.47. The molecule has 0 aromatic carbocycles. The highest BCUT2D eigenvalue weighted by Gasteiger charge is 2.41. The Morgan fingerprint density at radius 2 is 0.407 bits per heavy atom. The first-order chi connectivity index (χ1) is 27.6. The van der Waals surface area contributed by atoms with Gasteiger partial charge in [-0.05, 0) is 41.5 Å². The van der Waals surface area contributed by atoms with Crippen molar-refractivity contribution < 1.29 is 90.7 Å². The molecule has 0 saturated carbocycles. The normalized spacial score (nSPS) is 11.1. The fourth-order valence-electron chi connectivity index (χ4n) is 4.49. The topological polar surface area (TPSA) is 269 Å². The maximum atomic E-state index is 12.7. The lowest BCUT2D eigenvalue weighted by molar-refractivity contribution is -0.176. The molecule has 59 heavy (non-hydrogen) atoms. The van der Waals surface area contributed by atoms with Gasteiger partial charge in [0.2, 0.25) is 0 Å². The third-order valence-electron chi connectivity index (χ3n) is 8.14. The van der Waals surface area contributed by atoms with Crippen LogP contribution in [-0.4, -0.2) is 123 Å². The van der Waals surface area contributed by atoms with Gasteiger partial charge in [0.25, 0.3) is 0 Å². The summed E-state index contributed by atoms with van der Waals surface area (Å²) in [5, 5.41) is 0. The zero-order chi connectivity index (χ0) is 45.0. The highest BCUT2D eigenvalue weighted by Crippen LogP contribution is 2.27. The summed E-state index contributed by atoms with van der Waals surface area (Å²) in [6, 6.07) is 0. The summed E-state index contributed by atoms with van der Waals surface area (Å²) in [4.78, 5) is 145. The molecule has 0 spiro atoms. The van der Waals surface area contributed by atoms with Crippen molar-refractivity contribution >= 4 is 70.5 Å².